The van der Waals surface area contributed by atoms with Crippen LogP contribution in [0.15, 0.2) is 40.9 Å². The summed E-state index contributed by atoms with van der Waals surface area (Å²) in [7, 11) is 0. The highest BCUT2D eigenvalue weighted by atomic mass is 79.9. The van der Waals surface area contributed by atoms with E-state index in [4.69, 9.17) is 4.74 Å². The lowest BCUT2D eigenvalue weighted by atomic mass is 10.3. The molecule has 1 aromatic heterocycles. The molecule has 0 aliphatic heterocycles. The molecule has 0 amide bonds. The van der Waals surface area contributed by atoms with Crippen LogP contribution >= 0.6 is 15.9 Å². The molecule has 0 radical (unpaired) electrons. The van der Waals surface area contributed by atoms with Crippen LogP contribution in [-0.2, 0) is 0 Å². The van der Waals surface area contributed by atoms with E-state index in [0.717, 1.165) is 16.8 Å². The van der Waals surface area contributed by atoms with Gasteiger partial charge in [-0.1, -0.05) is 15.9 Å². The molecule has 0 spiro atoms. The minimum atomic E-state index is 0.638. The number of aryl methyl sites for hydroxylation is 2. The van der Waals surface area contributed by atoms with E-state index in [1.54, 1.807) is 0 Å². The number of rotatable bonds is 5. The van der Waals surface area contributed by atoms with E-state index in [9.17, 15) is 0 Å². The lowest BCUT2D eigenvalue weighted by molar-refractivity contribution is 0.328. The van der Waals surface area contributed by atoms with E-state index in [1.165, 1.54) is 11.4 Å². The Morgan fingerprint density at radius 1 is 1.06 bits per heavy atom. The third kappa shape index (κ3) is 3.29. The molecule has 1 heterocycles. The minimum absolute atomic E-state index is 0.638. The zero-order chi connectivity index (χ0) is 13.0. The monoisotopic (exact) mass is 308 g/mol. The van der Waals surface area contributed by atoms with Gasteiger partial charge in [-0.25, -0.2) is 0 Å². The van der Waals surface area contributed by atoms with Gasteiger partial charge in [0, 0.05) is 15.9 Å². The zero-order valence-electron chi connectivity index (χ0n) is 10.6. The predicted octanol–water partition coefficient (Wildman–Crippen LogP) is 3.49. The number of hydrogen-bond acceptors (Lipinski definition) is 2. The summed E-state index contributed by atoms with van der Waals surface area (Å²) in [6.07, 6.45) is 0. The zero-order valence-corrected chi connectivity index (χ0v) is 12.2. The van der Waals surface area contributed by atoms with Crippen LogP contribution < -0.4 is 10.2 Å². The molecule has 0 fully saturated rings. The third-order valence-electron chi connectivity index (χ3n) is 2.73. The molecule has 0 bridgehead atoms. The smallest absolute Gasteiger partial charge is 0.119 e. The summed E-state index contributed by atoms with van der Waals surface area (Å²) in [4.78, 5) is 0. The summed E-state index contributed by atoms with van der Waals surface area (Å²) < 4.78 is 8.78. The Bertz CT molecular complexity index is 486. The van der Waals surface area contributed by atoms with Crippen molar-refractivity contribution < 1.29 is 4.74 Å². The van der Waals surface area contributed by atoms with E-state index < -0.39 is 0 Å². The van der Waals surface area contributed by atoms with Gasteiger partial charge in [0.15, 0.2) is 0 Å². The van der Waals surface area contributed by atoms with Crippen molar-refractivity contribution in [1.82, 2.24) is 4.68 Å². The molecule has 1 N–H and O–H groups in total. The van der Waals surface area contributed by atoms with Crippen molar-refractivity contribution in [3.63, 3.8) is 0 Å². The van der Waals surface area contributed by atoms with Gasteiger partial charge in [-0.15, -0.1) is 0 Å². The van der Waals surface area contributed by atoms with Gasteiger partial charge in [-0.05, 0) is 50.2 Å². The Balaban J connectivity index is 1.78. The topological polar surface area (TPSA) is 26.2 Å². The van der Waals surface area contributed by atoms with E-state index >= 15 is 0 Å². The Hall–Kier alpha value is -1.42. The molecular weight excluding hydrogens is 292 g/mol. The molecular formula is C14H17BrN2O. The SMILES string of the molecule is Cc1ccc(C)n1NCCOc1ccc(Br)cc1. The molecule has 2 aromatic rings. The van der Waals surface area contributed by atoms with Crippen LogP contribution in [0.1, 0.15) is 11.4 Å². The summed E-state index contributed by atoms with van der Waals surface area (Å²) >= 11 is 3.40. The molecule has 96 valence electrons. The molecule has 0 atom stereocenters. The van der Waals surface area contributed by atoms with Gasteiger partial charge in [0.2, 0.25) is 0 Å². The van der Waals surface area contributed by atoms with Gasteiger partial charge in [-0.2, -0.15) is 0 Å². The van der Waals surface area contributed by atoms with Crippen LogP contribution in [0.5, 0.6) is 5.75 Å². The summed E-state index contributed by atoms with van der Waals surface area (Å²) in [5, 5.41) is 0. The van der Waals surface area contributed by atoms with Crippen LogP contribution in [0, 0.1) is 13.8 Å². The molecule has 1 aromatic carbocycles. The molecule has 18 heavy (non-hydrogen) atoms. The van der Waals surface area contributed by atoms with Crippen molar-refractivity contribution >= 4 is 15.9 Å². The van der Waals surface area contributed by atoms with Crippen molar-refractivity contribution in [3.05, 3.63) is 52.3 Å². The number of hydrogen-bond donors (Lipinski definition) is 1. The summed E-state index contributed by atoms with van der Waals surface area (Å²) in [5.74, 6) is 0.890. The van der Waals surface area contributed by atoms with E-state index in [-0.39, 0.29) is 0 Å². The maximum Gasteiger partial charge on any atom is 0.119 e. The summed E-state index contributed by atoms with van der Waals surface area (Å²) in [6, 6.07) is 12.0. The number of nitrogens with zero attached hydrogens (tertiary/aromatic N) is 1. The number of nitrogens with one attached hydrogen (secondary N) is 1. The van der Waals surface area contributed by atoms with E-state index in [2.05, 4.69) is 52.0 Å². The number of ether oxygens (including phenoxy) is 1. The van der Waals surface area contributed by atoms with Gasteiger partial charge >= 0.3 is 0 Å². The first-order chi connectivity index (χ1) is 8.66. The molecule has 0 aliphatic rings. The molecule has 0 saturated carbocycles. The van der Waals surface area contributed by atoms with Crippen LogP contribution in [0.3, 0.4) is 0 Å². The average Bonchev–Trinajstić information content (AvgIpc) is 2.68. The molecule has 4 heteroatoms. The van der Waals surface area contributed by atoms with Gasteiger partial charge in [0.25, 0.3) is 0 Å². The lowest BCUT2D eigenvalue weighted by Crippen LogP contribution is -2.22. The molecule has 2 rings (SSSR count). The van der Waals surface area contributed by atoms with Gasteiger partial charge < -0.3 is 10.2 Å². The van der Waals surface area contributed by atoms with Crippen molar-refractivity contribution in [2.24, 2.45) is 0 Å². The van der Waals surface area contributed by atoms with Crippen LogP contribution in [-0.4, -0.2) is 17.8 Å². The highest BCUT2D eigenvalue weighted by Gasteiger charge is 1.99. The van der Waals surface area contributed by atoms with E-state index in [0.29, 0.717) is 6.61 Å². The van der Waals surface area contributed by atoms with Crippen molar-refractivity contribution in [2.75, 3.05) is 18.6 Å². The Labute approximate surface area is 116 Å². The van der Waals surface area contributed by atoms with Crippen LogP contribution in [0.25, 0.3) is 0 Å². The number of benzene rings is 1. The maximum atomic E-state index is 5.64. The fourth-order valence-corrected chi connectivity index (χ4v) is 2.04. The summed E-state index contributed by atoms with van der Waals surface area (Å²) in [5.41, 5.74) is 5.73. The molecule has 0 saturated heterocycles. The third-order valence-corrected chi connectivity index (χ3v) is 3.25. The normalized spacial score (nSPS) is 10.4. The van der Waals surface area contributed by atoms with Crippen LogP contribution in [0.4, 0.5) is 0 Å². The fraction of sp³-hybridized carbons (Fsp3) is 0.286. The highest BCUT2D eigenvalue weighted by Crippen LogP contribution is 2.15. The first-order valence-corrected chi connectivity index (χ1v) is 6.73. The van der Waals surface area contributed by atoms with Gasteiger partial charge in [0.05, 0.1) is 6.54 Å². The van der Waals surface area contributed by atoms with Crippen molar-refractivity contribution in [1.29, 1.82) is 0 Å². The Kier molecular flexibility index (Phi) is 4.31. The quantitative estimate of drug-likeness (QED) is 0.856. The molecule has 0 aliphatic carbocycles. The van der Waals surface area contributed by atoms with Crippen LogP contribution in [0.2, 0.25) is 0 Å². The largest absolute Gasteiger partial charge is 0.492 e. The van der Waals surface area contributed by atoms with Crippen molar-refractivity contribution in [2.45, 2.75) is 13.8 Å². The van der Waals surface area contributed by atoms with Gasteiger partial charge in [-0.3, -0.25) is 4.68 Å². The number of aromatic nitrogens is 1. The second-order valence-corrected chi connectivity index (χ2v) is 5.08. The Morgan fingerprint density at radius 3 is 2.28 bits per heavy atom. The standard InChI is InChI=1S/C14H17BrN2O/c1-11-3-4-12(2)17(11)16-9-10-18-14-7-5-13(15)6-8-14/h3-8,16H,9-10H2,1-2H3. The predicted molar refractivity (Wildman–Crippen MR) is 77.8 cm³/mol. The average molecular weight is 309 g/mol. The molecule has 3 nitrogen and oxygen atoms in total. The highest BCUT2D eigenvalue weighted by molar-refractivity contribution is 9.10. The molecule has 0 unspecified atom stereocenters. The second kappa shape index (κ2) is 5.96. The first-order valence-electron chi connectivity index (χ1n) is 5.94. The van der Waals surface area contributed by atoms with Crippen molar-refractivity contribution in [3.8, 4) is 5.75 Å². The lowest BCUT2D eigenvalue weighted by Gasteiger charge is -2.13. The maximum absolute atomic E-state index is 5.64. The van der Waals surface area contributed by atoms with Gasteiger partial charge in [0.1, 0.15) is 12.4 Å². The minimum Gasteiger partial charge on any atom is -0.492 e. The summed E-state index contributed by atoms with van der Waals surface area (Å²) in [6.45, 7) is 5.57. The second-order valence-electron chi connectivity index (χ2n) is 4.16. The van der Waals surface area contributed by atoms with E-state index in [1.807, 2.05) is 24.3 Å². The number of halogens is 1. The fourth-order valence-electron chi connectivity index (χ4n) is 1.77. The first kappa shape index (κ1) is 13.0. The Morgan fingerprint density at radius 2 is 1.67 bits per heavy atom.